The van der Waals surface area contributed by atoms with Crippen LogP contribution in [0.25, 0.3) is 0 Å². The highest BCUT2D eigenvalue weighted by atomic mass is 35.5. The van der Waals surface area contributed by atoms with Crippen molar-refractivity contribution in [1.82, 2.24) is 0 Å². The predicted octanol–water partition coefficient (Wildman–Crippen LogP) is 4.12. The van der Waals surface area contributed by atoms with Gasteiger partial charge in [0, 0.05) is 11.1 Å². The normalized spacial score (nSPS) is 11.1. The third-order valence-electron chi connectivity index (χ3n) is 2.87. The number of halogens is 4. The number of benzene rings is 1. The Morgan fingerprint density at radius 1 is 1.27 bits per heavy atom. The average molecular weight is 409 g/mol. The van der Waals surface area contributed by atoms with Gasteiger partial charge in [-0.15, -0.1) is 0 Å². The quantitative estimate of drug-likeness (QED) is 0.455. The molecule has 1 heterocycles. The minimum absolute atomic E-state index is 0.119. The van der Waals surface area contributed by atoms with E-state index >= 15 is 0 Å². The first-order valence-corrected chi connectivity index (χ1v) is 7.85. The standard InChI is InChI=1S/C14H8ClF3N2O5S/c15-7-1-2-9(8(5-7)14(16,17)18)19-11(21)6-25-13(22)10-3-4-12(26-10)20(23)24/h1-5H,6H2,(H,19,21). The molecule has 138 valence electrons. The van der Waals surface area contributed by atoms with E-state index in [0.29, 0.717) is 17.4 Å². The summed E-state index contributed by atoms with van der Waals surface area (Å²) in [5.41, 5.74) is -1.70. The maximum atomic E-state index is 12.9. The molecular weight excluding hydrogens is 401 g/mol. The van der Waals surface area contributed by atoms with Crippen molar-refractivity contribution >= 4 is 45.5 Å². The number of hydrogen-bond donors (Lipinski definition) is 1. The molecule has 1 amide bonds. The number of carbonyl (C=O) groups excluding carboxylic acids is 2. The van der Waals surface area contributed by atoms with E-state index in [9.17, 15) is 32.9 Å². The molecule has 0 saturated carbocycles. The summed E-state index contributed by atoms with van der Waals surface area (Å²) in [6, 6.07) is 5.00. The topological polar surface area (TPSA) is 98.5 Å². The Morgan fingerprint density at radius 3 is 2.54 bits per heavy atom. The van der Waals surface area contributed by atoms with Gasteiger partial charge in [-0.2, -0.15) is 13.2 Å². The summed E-state index contributed by atoms with van der Waals surface area (Å²) in [7, 11) is 0. The molecule has 26 heavy (non-hydrogen) atoms. The van der Waals surface area contributed by atoms with Crippen molar-refractivity contribution in [2.45, 2.75) is 6.18 Å². The molecule has 1 N–H and O–H groups in total. The van der Waals surface area contributed by atoms with E-state index in [-0.39, 0.29) is 14.9 Å². The zero-order chi connectivity index (χ0) is 19.5. The van der Waals surface area contributed by atoms with Crippen molar-refractivity contribution in [3.05, 3.63) is 55.9 Å². The maximum Gasteiger partial charge on any atom is 0.418 e. The number of amides is 1. The molecule has 1 aromatic carbocycles. The van der Waals surface area contributed by atoms with Crippen LogP contribution < -0.4 is 5.32 Å². The number of alkyl halides is 3. The summed E-state index contributed by atoms with van der Waals surface area (Å²) in [5, 5.41) is 12.1. The van der Waals surface area contributed by atoms with Gasteiger partial charge in [0.25, 0.3) is 5.91 Å². The number of nitro groups is 1. The highest BCUT2D eigenvalue weighted by molar-refractivity contribution is 7.17. The summed E-state index contributed by atoms with van der Waals surface area (Å²) in [4.78, 5) is 33.2. The Labute approximate surface area is 152 Å². The second kappa shape index (κ2) is 7.70. The third kappa shape index (κ3) is 4.92. The smallest absolute Gasteiger partial charge is 0.418 e. The third-order valence-corrected chi connectivity index (χ3v) is 4.12. The molecule has 0 bridgehead atoms. The average Bonchev–Trinajstić information content (AvgIpc) is 3.03. The Hall–Kier alpha value is -2.66. The lowest BCUT2D eigenvalue weighted by atomic mass is 10.1. The number of rotatable bonds is 5. The minimum atomic E-state index is -4.75. The number of anilines is 1. The number of ether oxygens (including phenoxy) is 1. The van der Waals surface area contributed by atoms with Gasteiger partial charge in [-0.25, -0.2) is 4.79 Å². The van der Waals surface area contributed by atoms with E-state index in [1.165, 1.54) is 0 Å². The van der Waals surface area contributed by atoms with Crippen LogP contribution in [0.3, 0.4) is 0 Å². The van der Waals surface area contributed by atoms with Crippen LogP contribution in [-0.2, 0) is 15.7 Å². The van der Waals surface area contributed by atoms with E-state index < -0.39 is 40.8 Å². The first-order chi connectivity index (χ1) is 12.1. The summed E-state index contributed by atoms with van der Waals surface area (Å²) >= 11 is 6.07. The molecule has 0 radical (unpaired) electrons. The van der Waals surface area contributed by atoms with Crippen molar-refractivity contribution in [2.75, 3.05) is 11.9 Å². The van der Waals surface area contributed by atoms with Crippen LogP contribution in [0.1, 0.15) is 15.2 Å². The van der Waals surface area contributed by atoms with Gasteiger partial charge >= 0.3 is 17.1 Å². The Kier molecular flexibility index (Phi) is 5.83. The second-order valence-corrected chi connectivity index (χ2v) is 6.21. The number of esters is 1. The highest BCUT2D eigenvalue weighted by Gasteiger charge is 2.34. The molecule has 7 nitrogen and oxygen atoms in total. The Morgan fingerprint density at radius 2 is 1.96 bits per heavy atom. The van der Waals surface area contributed by atoms with Gasteiger partial charge in [-0.05, 0) is 24.3 Å². The molecule has 0 aliphatic carbocycles. The van der Waals surface area contributed by atoms with E-state index in [1.54, 1.807) is 0 Å². The zero-order valence-electron chi connectivity index (χ0n) is 12.5. The fourth-order valence-electron chi connectivity index (χ4n) is 1.78. The molecule has 0 atom stereocenters. The van der Waals surface area contributed by atoms with E-state index in [1.807, 2.05) is 5.32 Å². The van der Waals surface area contributed by atoms with Crippen molar-refractivity contribution in [1.29, 1.82) is 0 Å². The largest absolute Gasteiger partial charge is 0.451 e. The molecule has 0 unspecified atom stereocenters. The van der Waals surface area contributed by atoms with E-state index in [2.05, 4.69) is 4.74 Å². The predicted molar refractivity (Wildman–Crippen MR) is 86.3 cm³/mol. The van der Waals surface area contributed by atoms with Crippen LogP contribution in [-0.4, -0.2) is 23.4 Å². The Bertz CT molecular complexity index is 869. The lowest BCUT2D eigenvalue weighted by molar-refractivity contribution is -0.380. The fourth-order valence-corrected chi connectivity index (χ4v) is 2.67. The lowest BCUT2D eigenvalue weighted by Crippen LogP contribution is -2.22. The van der Waals surface area contributed by atoms with Crippen LogP contribution in [0.2, 0.25) is 5.02 Å². The Balaban J connectivity index is 2.01. The van der Waals surface area contributed by atoms with Crippen LogP contribution in [0.4, 0.5) is 23.9 Å². The van der Waals surface area contributed by atoms with E-state index in [4.69, 9.17) is 11.6 Å². The van der Waals surface area contributed by atoms with Gasteiger partial charge in [0.15, 0.2) is 6.61 Å². The van der Waals surface area contributed by atoms with Gasteiger partial charge in [0.05, 0.1) is 16.2 Å². The first kappa shape index (κ1) is 19.7. The van der Waals surface area contributed by atoms with Crippen molar-refractivity contribution < 1.29 is 32.4 Å². The van der Waals surface area contributed by atoms with Crippen LogP contribution >= 0.6 is 22.9 Å². The first-order valence-electron chi connectivity index (χ1n) is 6.66. The number of carbonyl (C=O) groups is 2. The SMILES string of the molecule is O=C(COC(=O)c1ccc([N+](=O)[O-])s1)Nc1ccc(Cl)cc1C(F)(F)F. The molecule has 12 heteroatoms. The summed E-state index contributed by atoms with van der Waals surface area (Å²) in [6.07, 6.45) is -4.75. The number of nitrogens with zero attached hydrogens (tertiary/aromatic N) is 1. The van der Waals surface area contributed by atoms with E-state index in [0.717, 1.165) is 24.3 Å². The van der Waals surface area contributed by atoms with Crippen molar-refractivity contribution in [2.24, 2.45) is 0 Å². The van der Waals surface area contributed by atoms with Crippen LogP contribution in [0.5, 0.6) is 0 Å². The molecule has 0 aliphatic rings. The zero-order valence-corrected chi connectivity index (χ0v) is 14.1. The molecular formula is C14H8ClF3N2O5S. The molecule has 0 fully saturated rings. The lowest BCUT2D eigenvalue weighted by Gasteiger charge is -2.14. The van der Waals surface area contributed by atoms with Crippen LogP contribution in [0, 0.1) is 10.1 Å². The second-order valence-electron chi connectivity index (χ2n) is 4.71. The van der Waals surface area contributed by atoms with Crippen LogP contribution in [0.15, 0.2) is 30.3 Å². The van der Waals surface area contributed by atoms with Gasteiger partial charge < -0.3 is 10.1 Å². The molecule has 0 aliphatic heterocycles. The fraction of sp³-hybridized carbons (Fsp3) is 0.143. The molecule has 2 rings (SSSR count). The van der Waals surface area contributed by atoms with Gasteiger partial charge in [0.2, 0.25) is 0 Å². The summed E-state index contributed by atoms with van der Waals surface area (Å²) in [6.45, 7) is -0.871. The molecule has 0 spiro atoms. The van der Waals surface area contributed by atoms with Gasteiger partial charge in [-0.3, -0.25) is 14.9 Å². The highest BCUT2D eigenvalue weighted by Crippen LogP contribution is 2.36. The molecule has 2 aromatic rings. The van der Waals surface area contributed by atoms with Crippen molar-refractivity contribution in [3.8, 4) is 0 Å². The maximum absolute atomic E-state index is 12.9. The van der Waals surface area contributed by atoms with Crippen molar-refractivity contribution in [3.63, 3.8) is 0 Å². The number of nitrogens with one attached hydrogen (secondary N) is 1. The molecule has 0 saturated heterocycles. The summed E-state index contributed by atoms with van der Waals surface area (Å²) in [5.74, 6) is -2.03. The summed E-state index contributed by atoms with van der Waals surface area (Å²) < 4.78 is 43.4. The number of thiophene rings is 1. The minimum Gasteiger partial charge on any atom is -0.451 e. The number of hydrogen-bond acceptors (Lipinski definition) is 6. The van der Waals surface area contributed by atoms with Gasteiger partial charge in [0.1, 0.15) is 4.88 Å². The monoisotopic (exact) mass is 408 g/mol. The molecule has 1 aromatic heterocycles. The van der Waals surface area contributed by atoms with Gasteiger partial charge in [-0.1, -0.05) is 22.9 Å².